The molecule has 22 heavy (non-hydrogen) atoms. The highest BCUT2D eigenvalue weighted by Crippen LogP contribution is 2.17. The molecule has 0 heterocycles. The number of carbonyl (C=O) groups excluding carboxylic acids is 1. The topological polar surface area (TPSA) is 49.8 Å². The minimum absolute atomic E-state index is 0.366. The monoisotopic (exact) mass is 305 g/mol. The Balaban J connectivity index is 2.89. The van der Waals surface area contributed by atoms with Crippen molar-refractivity contribution in [3.63, 3.8) is 0 Å². The summed E-state index contributed by atoms with van der Waals surface area (Å²) in [4.78, 5) is 13.7. The number of likely N-dealkylation sites (N-methyl/N-ethyl adjacent to an activating group) is 1. The first-order valence-electron chi connectivity index (χ1n) is 7.53. The first-order chi connectivity index (χ1) is 10.2. The molecule has 0 radical (unpaired) electrons. The number of hydrogen-bond donors (Lipinski definition) is 1. The van der Waals surface area contributed by atoms with E-state index in [9.17, 15) is 9.90 Å². The minimum atomic E-state index is -0.685. The van der Waals surface area contributed by atoms with Gasteiger partial charge in [0.2, 0.25) is 0 Å². The average molecular weight is 305 g/mol. The van der Waals surface area contributed by atoms with Crippen LogP contribution in [0, 0.1) is 0 Å². The van der Waals surface area contributed by atoms with E-state index in [0.717, 1.165) is 5.56 Å². The summed E-state index contributed by atoms with van der Waals surface area (Å²) in [5, 5.41) is 10.4. The van der Waals surface area contributed by atoms with Crippen LogP contribution in [0.25, 0.3) is 0 Å². The van der Waals surface area contributed by atoms with E-state index in [1.165, 1.54) is 4.90 Å². The van der Waals surface area contributed by atoms with Crippen LogP contribution in [0.4, 0.5) is 4.79 Å². The number of ether oxygens (including phenoxy) is 1. The largest absolute Gasteiger partial charge is 0.444 e. The smallest absolute Gasteiger partial charge is 0.410 e. The molecule has 4 heteroatoms. The lowest BCUT2D eigenvalue weighted by atomic mass is 9.98. The molecule has 0 fully saturated rings. The van der Waals surface area contributed by atoms with E-state index in [1.807, 2.05) is 51.1 Å². The highest BCUT2D eigenvalue weighted by atomic mass is 16.6. The second kappa shape index (κ2) is 7.99. The fourth-order valence-electron chi connectivity index (χ4n) is 2.18. The second-order valence-corrected chi connectivity index (χ2v) is 6.44. The molecule has 0 aliphatic rings. The van der Waals surface area contributed by atoms with Crippen LogP contribution in [-0.2, 0) is 11.2 Å². The number of aliphatic hydroxyl groups is 1. The Labute approximate surface area is 133 Å². The highest BCUT2D eigenvalue weighted by molar-refractivity contribution is 5.68. The zero-order valence-corrected chi connectivity index (χ0v) is 14.0. The maximum Gasteiger partial charge on any atom is 0.410 e. The molecule has 0 aliphatic carbocycles. The Morgan fingerprint density at radius 3 is 2.45 bits per heavy atom. The number of aliphatic hydroxyl groups excluding tert-OH is 1. The van der Waals surface area contributed by atoms with Crippen molar-refractivity contribution in [2.24, 2.45) is 0 Å². The average Bonchev–Trinajstić information content (AvgIpc) is 2.43. The third-order valence-electron chi connectivity index (χ3n) is 3.32. The standard InChI is InChI=1S/C18H27NO3/c1-6-10-16(20)15(13-14-11-8-7-9-12-14)19(5)17(21)22-18(2,3)4/h6-9,11-12,15-16,20H,1,10,13H2,2-5H3. The summed E-state index contributed by atoms with van der Waals surface area (Å²) in [7, 11) is 1.66. The van der Waals surface area contributed by atoms with Gasteiger partial charge in [0.25, 0.3) is 0 Å². The Morgan fingerprint density at radius 2 is 1.95 bits per heavy atom. The molecule has 2 atom stereocenters. The number of rotatable bonds is 6. The quantitative estimate of drug-likeness (QED) is 0.820. The lowest BCUT2D eigenvalue weighted by Crippen LogP contribution is -2.47. The molecule has 1 amide bonds. The molecule has 1 aromatic carbocycles. The molecular formula is C18H27NO3. The van der Waals surface area contributed by atoms with Crippen LogP contribution in [0.2, 0.25) is 0 Å². The molecule has 122 valence electrons. The van der Waals surface area contributed by atoms with E-state index >= 15 is 0 Å². The number of hydrogen-bond acceptors (Lipinski definition) is 3. The Kier molecular flexibility index (Phi) is 6.62. The molecule has 0 spiro atoms. The summed E-state index contributed by atoms with van der Waals surface area (Å²) in [6.45, 7) is 9.13. The summed E-state index contributed by atoms with van der Waals surface area (Å²) < 4.78 is 5.40. The summed E-state index contributed by atoms with van der Waals surface area (Å²) in [6, 6.07) is 9.43. The van der Waals surface area contributed by atoms with Gasteiger partial charge < -0.3 is 14.7 Å². The summed E-state index contributed by atoms with van der Waals surface area (Å²) >= 11 is 0. The van der Waals surface area contributed by atoms with Crippen LogP contribution in [0.15, 0.2) is 43.0 Å². The lowest BCUT2D eigenvalue weighted by molar-refractivity contribution is 0.00267. The van der Waals surface area contributed by atoms with Crippen LogP contribution in [-0.4, -0.2) is 40.9 Å². The molecule has 0 saturated heterocycles. The van der Waals surface area contributed by atoms with Gasteiger partial charge in [0.1, 0.15) is 5.60 Å². The van der Waals surface area contributed by atoms with Crippen LogP contribution in [0.1, 0.15) is 32.8 Å². The van der Waals surface area contributed by atoms with Crippen molar-refractivity contribution in [3.8, 4) is 0 Å². The first-order valence-corrected chi connectivity index (χ1v) is 7.53. The zero-order valence-electron chi connectivity index (χ0n) is 14.0. The van der Waals surface area contributed by atoms with Crippen molar-refractivity contribution in [1.29, 1.82) is 0 Å². The molecule has 1 N–H and O–H groups in total. The van der Waals surface area contributed by atoms with Crippen LogP contribution >= 0.6 is 0 Å². The number of nitrogens with zero attached hydrogens (tertiary/aromatic N) is 1. The SMILES string of the molecule is C=CCC(O)C(Cc1ccccc1)N(C)C(=O)OC(C)(C)C. The van der Waals surface area contributed by atoms with Crippen molar-refractivity contribution in [2.45, 2.75) is 51.4 Å². The normalized spacial score (nSPS) is 14.0. The van der Waals surface area contributed by atoms with Crippen LogP contribution < -0.4 is 0 Å². The maximum absolute atomic E-state index is 12.3. The second-order valence-electron chi connectivity index (χ2n) is 6.44. The zero-order chi connectivity index (χ0) is 16.8. The molecule has 1 aromatic rings. The van der Waals surface area contributed by atoms with Crippen molar-refractivity contribution in [3.05, 3.63) is 48.6 Å². The van der Waals surface area contributed by atoms with Gasteiger partial charge in [-0.05, 0) is 39.2 Å². The molecule has 0 aliphatic heterocycles. The highest BCUT2D eigenvalue weighted by Gasteiger charge is 2.29. The van der Waals surface area contributed by atoms with Gasteiger partial charge in [-0.1, -0.05) is 36.4 Å². The Hall–Kier alpha value is -1.81. The fourth-order valence-corrected chi connectivity index (χ4v) is 2.18. The van der Waals surface area contributed by atoms with E-state index < -0.39 is 17.8 Å². The van der Waals surface area contributed by atoms with Crippen molar-refractivity contribution < 1.29 is 14.6 Å². The van der Waals surface area contributed by atoms with Crippen molar-refractivity contribution in [2.75, 3.05) is 7.05 Å². The summed E-state index contributed by atoms with van der Waals surface area (Å²) in [5.41, 5.74) is 0.498. The maximum atomic E-state index is 12.3. The molecule has 0 saturated carbocycles. The van der Waals surface area contributed by atoms with E-state index in [0.29, 0.717) is 12.8 Å². The van der Waals surface area contributed by atoms with Crippen LogP contribution in [0.3, 0.4) is 0 Å². The fraction of sp³-hybridized carbons (Fsp3) is 0.500. The van der Waals surface area contributed by atoms with Crippen molar-refractivity contribution in [1.82, 2.24) is 4.90 Å². The first kappa shape index (κ1) is 18.2. The number of carbonyl (C=O) groups is 1. The molecule has 2 unspecified atom stereocenters. The third-order valence-corrected chi connectivity index (χ3v) is 3.32. The molecular weight excluding hydrogens is 278 g/mol. The molecule has 0 aromatic heterocycles. The van der Waals surface area contributed by atoms with Gasteiger partial charge in [-0.25, -0.2) is 4.79 Å². The van der Waals surface area contributed by atoms with E-state index in [4.69, 9.17) is 4.74 Å². The third kappa shape index (κ3) is 5.90. The van der Waals surface area contributed by atoms with Gasteiger partial charge in [-0.15, -0.1) is 6.58 Å². The van der Waals surface area contributed by atoms with Crippen molar-refractivity contribution >= 4 is 6.09 Å². The minimum Gasteiger partial charge on any atom is -0.444 e. The molecule has 4 nitrogen and oxygen atoms in total. The van der Waals surface area contributed by atoms with Gasteiger partial charge in [0, 0.05) is 7.05 Å². The van der Waals surface area contributed by atoms with Gasteiger partial charge in [-0.2, -0.15) is 0 Å². The van der Waals surface area contributed by atoms with E-state index in [2.05, 4.69) is 6.58 Å². The summed E-state index contributed by atoms with van der Waals surface area (Å²) in [6.07, 6.45) is 1.52. The predicted molar refractivity (Wildman–Crippen MR) is 88.8 cm³/mol. The number of amides is 1. The summed E-state index contributed by atoms with van der Waals surface area (Å²) in [5.74, 6) is 0. The van der Waals surface area contributed by atoms with Gasteiger partial charge >= 0.3 is 6.09 Å². The van der Waals surface area contributed by atoms with E-state index in [1.54, 1.807) is 13.1 Å². The van der Waals surface area contributed by atoms with Gasteiger partial charge in [0.15, 0.2) is 0 Å². The Bertz CT molecular complexity index is 479. The molecule has 1 rings (SSSR count). The Morgan fingerprint density at radius 1 is 1.36 bits per heavy atom. The predicted octanol–water partition coefficient (Wildman–Crippen LogP) is 3.40. The lowest BCUT2D eigenvalue weighted by Gasteiger charge is -2.33. The van der Waals surface area contributed by atoms with Gasteiger partial charge in [-0.3, -0.25) is 0 Å². The molecule has 0 bridgehead atoms. The van der Waals surface area contributed by atoms with Gasteiger partial charge in [0.05, 0.1) is 12.1 Å². The van der Waals surface area contributed by atoms with Crippen LogP contribution in [0.5, 0.6) is 0 Å². The van der Waals surface area contributed by atoms with E-state index in [-0.39, 0.29) is 6.04 Å². The number of benzene rings is 1.